The van der Waals surface area contributed by atoms with Crippen molar-refractivity contribution in [3.63, 3.8) is 0 Å². The molecule has 0 atom stereocenters. The normalized spacial score (nSPS) is 15.6. The van der Waals surface area contributed by atoms with E-state index in [1.165, 1.54) is 5.56 Å². The molecular weight excluding hydrogens is 328 g/mol. The summed E-state index contributed by atoms with van der Waals surface area (Å²) in [6.45, 7) is 7.83. The molecule has 1 N–H and O–H groups in total. The van der Waals surface area contributed by atoms with E-state index in [-0.39, 0.29) is 17.6 Å². The summed E-state index contributed by atoms with van der Waals surface area (Å²) in [5.41, 5.74) is 2.17. The maximum atomic E-state index is 12.5. The van der Waals surface area contributed by atoms with Crippen LogP contribution in [0.2, 0.25) is 0 Å². The molecule has 3 rings (SSSR count). The van der Waals surface area contributed by atoms with Gasteiger partial charge in [0, 0.05) is 44.0 Å². The van der Waals surface area contributed by atoms with Gasteiger partial charge in [-0.1, -0.05) is 32.9 Å². The van der Waals surface area contributed by atoms with Crippen LogP contribution in [0.3, 0.4) is 0 Å². The zero-order valence-corrected chi connectivity index (χ0v) is 15.6. The molecule has 1 aliphatic heterocycles. The monoisotopic (exact) mass is 354 g/mol. The molecule has 26 heavy (non-hydrogen) atoms. The van der Waals surface area contributed by atoms with Gasteiger partial charge in [0.1, 0.15) is 6.10 Å². The van der Waals surface area contributed by atoms with Gasteiger partial charge in [-0.3, -0.25) is 0 Å². The van der Waals surface area contributed by atoms with Gasteiger partial charge in [-0.15, -0.1) is 0 Å². The minimum absolute atomic E-state index is 0.0486. The summed E-state index contributed by atoms with van der Waals surface area (Å²) in [6, 6.07) is 10.1. The summed E-state index contributed by atoms with van der Waals surface area (Å²) in [5.74, 6) is 0. The van der Waals surface area contributed by atoms with Crippen molar-refractivity contribution < 1.29 is 9.53 Å². The first kappa shape index (κ1) is 18.2. The number of benzene rings is 1. The van der Waals surface area contributed by atoms with Crippen molar-refractivity contribution in [2.24, 2.45) is 0 Å². The highest BCUT2D eigenvalue weighted by Crippen LogP contribution is 2.24. The molecule has 2 heterocycles. The molecule has 6 nitrogen and oxygen atoms in total. The molecular formula is C20H26N4O2. The summed E-state index contributed by atoms with van der Waals surface area (Å²) in [6.07, 6.45) is 4.92. The number of hydrogen-bond acceptors (Lipinski definition) is 4. The van der Waals surface area contributed by atoms with E-state index < -0.39 is 0 Å². The number of amides is 2. The van der Waals surface area contributed by atoms with Crippen LogP contribution in [0.25, 0.3) is 0 Å². The number of ether oxygens (including phenoxy) is 1. The minimum Gasteiger partial charge on any atom is -0.460 e. The first-order valence-corrected chi connectivity index (χ1v) is 9.02. The smallest absolute Gasteiger partial charge is 0.321 e. The Labute approximate surface area is 154 Å². The zero-order chi connectivity index (χ0) is 18.6. The van der Waals surface area contributed by atoms with Crippen molar-refractivity contribution >= 4 is 11.7 Å². The summed E-state index contributed by atoms with van der Waals surface area (Å²) in [4.78, 5) is 22.4. The summed E-state index contributed by atoms with van der Waals surface area (Å²) in [7, 11) is 0. The number of rotatable bonds is 3. The average Bonchev–Trinajstić information content (AvgIpc) is 2.63. The number of urea groups is 1. The number of nitrogens with one attached hydrogen (secondary N) is 1. The van der Waals surface area contributed by atoms with Gasteiger partial charge in [0.25, 0.3) is 0 Å². The fraction of sp³-hybridized carbons (Fsp3) is 0.450. The maximum Gasteiger partial charge on any atom is 0.321 e. The molecule has 6 heteroatoms. The number of likely N-dealkylation sites (tertiary alicyclic amines) is 1. The predicted molar refractivity (Wildman–Crippen MR) is 101 cm³/mol. The first-order chi connectivity index (χ1) is 12.4. The van der Waals surface area contributed by atoms with Crippen LogP contribution in [-0.2, 0) is 5.41 Å². The van der Waals surface area contributed by atoms with E-state index in [0.717, 1.165) is 18.5 Å². The lowest BCUT2D eigenvalue weighted by molar-refractivity contribution is 0.107. The topological polar surface area (TPSA) is 67.4 Å². The van der Waals surface area contributed by atoms with E-state index in [9.17, 15) is 4.79 Å². The molecule has 2 aromatic rings. The van der Waals surface area contributed by atoms with Crippen LogP contribution in [-0.4, -0.2) is 40.1 Å². The molecule has 0 unspecified atom stereocenters. The third-order valence-electron chi connectivity index (χ3n) is 4.55. The molecule has 1 aliphatic rings. The predicted octanol–water partition coefficient (Wildman–Crippen LogP) is 3.85. The number of anilines is 1. The number of hydrogen-bond donors (Lipinski definition) is 1. The molecule has 1 saturated heterocycles. The van der Waals surface area contributed by atoms with Gasteiger partial charge in [0.2, 0.25) is 0 Å². The second-order valence-electron chi connectivity index (χ2n) is 7.59. The molecule has 0 bridgehead atoms. The second kappa shape index (κ2) is 7.72. The lowest BCUT2D eigenvalue weighted by Crippen LogP contribution is -2.43. The number of piperidine rings is 1. The SMILES string of the molecule is CC(C)(C)c1ccc(NC(=O)N2CCC(Oc3ncccn3)CC2)cc1. The van der Waals surface area contributed by atoms with Crippen molar-refractivity contribution in [3.8, 4) is 6.01 Å². The Morgan fingerprint density at radius 2 is 1.73 bits per heavy atom. The van der Waals surface area contributed by atoms with Gasteiger partial charge < -0.3 is 15.0 Å². The van der Waals surface area contributed by atoms with Gasteiger partial charge >= 0.3 is 12.0 Å². The first-order valence-electron chi connectivity index (χ1n) is 9.02. The van der Waals surface area contributed by atoms with Crippen LogP contribution >= 0.6 is 0 Å². The molecule has 1 aromatic heterocycles. The van der Waals surface area contributed by atoms with Crippen LogP contribution in [0.5, 0.6) is 6.01 Å². The van der Waals surface area contributed by atoms with Crippen LogP contribution < -0.4 is 10.1 Å². The second-order valence-corrected chi connectivity index (χ2v) is 7.59. The Bertz CT molecular complexity index is 718. The molecule has 1 fully saturated rings. The van der Waals surface area contributed by atoms with Crippen molar-refractivity contribution in [3.05, 3.63) is 48.3 Å². The molecule has 0 aliphatic carbocycles. The number of aromatic nitrogens is 2. The lowest BCUT2D eigenvalue weighted by atomic mass is 9.87. The van der Waals surface area contributed by atoms with Crippen LogP contribution in [0.15, 0.2) is 42.7 Å². The Morgan fingerprint density at radius 3 is 2.31 bits per heavy atom. The van der Waals surface area contributed by atoms with E-state index in [1.807, 2.05) is 17.0 Å². The van der Waals surface area contributed by atoms with Gasteiger partial charge in [0.15, 0.2) is 0 Å². The van der Waals surface area contributed by atoms with Gasteiger partial charge in [-0.05, 0) is 29.2 Å². The van der Waals surface area contributed by atoms with E-state index >= 15 is 0 Å². The van der Waals surface area contributed by atoms with E-state index in [4.69, 9.17) is 4.74 Å². The summed E-state index contributed by atoms with van der Waals surface area (Å²) >= 11 is 0. The molecule has 1 aromatic carbocycles. The average molecular weight is 354 g/mol. The maximum absolute atomic E-state index is 12.5. The Morgan fingerprint density at radius 1 is 1.12 bits per heavy atom. The molecule has 0 saturated carbocycles. The third-order valence-corrected chi connectivity index (χ3v) is 4.55. The Kier molecular flexibility index (Phi) is 5.40. The number of nitrogens with zero attached hydrogens (tertiary/aromatic N) is 3. The van der Waals surface area contributed by atoms with Crippen LogP contribution in [0.4, 0.5) is 10.5 Å². The molecule has 0 spiro atoms. The third kappa shape index (κ3) is 4.71. The quantitative estimate of drug-likeness (QED) is 0.909. The van der Waals surface area contributed by atoms with E-state index in [0.29, 0.717) is 19.1 Å². The van der Waals surface area contributed by atoms with Crippen molar-refractivity contribution in [1.29, 1.82) is 0 Å². The Balaban J connectivity index is 1.49. The highest BCUT2D eigenvalue weighted by Gasteiger charge is 2.24. The van der Waals surface area contributed by atoms with E-state index in [2.05, 4.69) is 48.2 Å². The molecule has 0 radical (unpaired) electrons. The van der Waals surface area contributed by atoms with Gasteiger partial charge in [-0.25, -0.2) is 14.8 Å². The summed E-state index contributed by atoms with van der Waals surface area (Å²) in [5, 5.41) is 2.98. The minimum atomic E-state index is -0.0667. The van der Waals surface area contributed by atoms with Crippen molar-refractivity contribution in [2.45, 2.75) is 45.1 Å². The Hall–Kier alpha value is -2.63. The van der Waals surface area contributed by atoms with E-state index in [1.54, 1.807) is 18.5 Å². The summed E-state index contributed by atoms with van der Waals surface area (Å²) < 4.78 is 5.77. The number of carbonyl (C=O) groups excluding carboxylic acids is 1. The van der Waals surface area contributed by atoms with Crippen LogP contribution in [0, 0.1) is 0 Å². The molecule has 138 valence electrons. The van der Waals surface area contributed by atoms with Crippen LogP contribution in [0.1, 0.15) is 39.2 Å². The zero-order valence-electron chi connectivity index (χ0n) is 15.6. The van der Waals surface area contributed by atoms with Crippen molar-refractivity contribution in [1.82, 2.24) is 14.9 Å². The fourth-order valence-electron chi connectivity index (χ4n) is 2.93. The van der Waals surface area contributed by atoms with Gasteiger partial charge in [0.05, 0.1) is 0 Å². The van der Waals surface area contributed by atoms with Gasteiger partial charge in [-0.2, -0.15) is 0 Å². The van der Waals surface area contributed by atoms with Crippen molar-refractivity contribution in [2.75, 3.05) is 18.4 Å². The standard InChI is InChI=1S/C20H26N4O2/c1-20(2,3)15-5-7-16(8-6-15)23-19(25)24-13-9-17(10-14-24)26-18-21-11-4-12-22-18/h4-8,11-12,17H,9-10,13-14H2,1-3H3,(H,23,25). The highest BCUT2D eigenvalue weighted by molar-refractivity contribution is 5.89. The molecule has 2 amide bonds. The largest absolute Gasteiger partial charge is 0.460 e. The fourth-order valence-corrected chi connectivity index (χ4v) is 2.93. The number of carbonyl (C=O) groups is 1. The lowest BCUT2D eigenvalue weighted by Gasteiger charge is -2.31. The highest BCUT2D eigenvalue weighted by atomic mass is 16.5.